The fraction of sp³-hybridized carbons (Fsp3) is 0.350. The van der Waals surface area contributed by atoms with Gasteiger partial charge in [-0.05, 0) is 31.0 Å². The third-order valence-electron chi connectivity index (χ3n) is 4.78. The number of nitro benzene ring substituents is 1. The van der Waals surface area contributed by atoms with E-state index in [2.05, 4.69) is 22.3 Å². The van der Waals surface area contributed by atoms with Crippen LogP contribution in [0.1, 0.15) is 18.4 Å². The number of hydrogen-bond donors (Lipinski definition) is 1. The van der Waals surface area contributed by atoms with Crippen molar-refractivity contribution >= 4 is 17.3 Å². The predicted octanol–water partition coefficient (Wildman–Crippen LogP) is 3.45. The maximum absolute atomic E-state index is 12.8. The Morgan fingerprint density at radius 3 is 2.78 bits per heavy atom. The lowest BCUT2D eigenvalue weighted by molar-refractivity contribution is -0.384. The van der Waals surface area contributed by atoms with Crippen molar-refractivity contribution in [3.05, 3.63) is 64.2 Å². The Labute approximate surface area is 158 Å². The first-order valence-corrected chi connectivity index (χ1v) is 8.96. The summed E-state index contributed by atoms with van der Waals surface area (Å²) in [6.45, 7) is 2.43. The average molecular weight is 369 g/mol. The van der Waals surface area contributed by atoms with Crippen molar-refractivity contribution in [3.63, 3.8) is 0 Å². The first-order chi connectivity index (χ1) is 13.1. The number of anilines is 1. The second-order valence-corrected chi connectivity index (χ2v) is 6.69. The number of methoxy groups -OCH3 is 1. The van der Waals surface area contributed by atoms with Crippen molar-refractivity contribution in [3.8, 4) is 5.75 Å². The SMILES string of the molecule is COc1ccc([N+](=O)[O-])cc1NC(=O)C1CCCN(Cc2ccccc2)C1. The molecule has 2 aromatic carbocycles. The number of carbonyl (C=O) groups excluding carboxylic acids is 1. The maximum atomic E-state index is 12.8. The molecular weight excluding hydrogens is 346 g/mol. The van der Waals surface area contributed by atoms with Crippen LogP contribution in [0.5, 0.6) is 5.75 Å². The lowest BCUT2D eigenvalue weighted by Gasteiger charge is -2.32. The largest absolute Gasteiger partial charge is 0.495 e. The van der Waals surface area contributed by atoms with Crippen LogP contribution in [0.2, 0.25) is 0 Å². The molecule has 1 atom stereocenters. The Morgan fingerprint density at radius 2 is 2.07 bits per heavy atom. The molecule has 7 heteroatoms. The molecule has 1 aliphatic heterocycles. The zero-order valence-electron chi connectivity index (χ0n) is 15.3. The fourth-order valence-corrected chi connectivity index (χ4v) is 3.40. The molecule has 3 rings (SSSR count). The first kappa shape index (κ1) is 18.8. The van der Waals surface area contributed by atoms with Gasteiger partial charge in [0.25, 0.3) is 5.69 Å². The Bertz CT molecular complexity index is 810. The highest BCUT2D eigenvalue weighted by Gasteiger charge is 2.27. The number of amides is 1. The van der Waals surface area contributed by atoms with Gasteiger partial charge in [-0.2, -0.15) is 0 Å². The van der Waals surface area contributed by atoms with E-state index in [4.69, 9.17) is 4.74 Å². The summed E-state index contributed by atoms with van der Waals surface area (Å²) in [7, 11) is 1.47. The molecule has 1 heterocycles. The second-order valence-electron chi connectivity index (χ2n) is 6.69. The van der Waals surface area contributed by atoms with Gasteiger partial charge in [0.1, 0.15) is 5.75 Å². The van der Waals surface area contributed by atoms with E-state index >= 15 is 0 Å². The van der Waals surface area contributed by atoms with Crippen molar-refractivity contribution in [2.75, 3.05) is 25.5 Å². The molecule has 1 saturated heterocycles. The number of hydrogen-bond acceptors (Lipinski definition) is 5. The molecule has 1 fully saturated rings. The van der Waals surface area contributed by atoms with Gasteiger partial charge in [-0.15, -0.1) is 0 Å². The van der Waals surface area contributed by atoms with Crippen LogP contribution in [0.3, 0.4) is 0 Å². The number of carbonyl (C=O) groups is 1. The number of nitro groups is 1. The van der Waals surface area contributed by atoms with Crippen molar-refractivity contribution in [2.45, 2.75) is 19.4 Å². The van der Waals surface area contributed by atoms with Gasteiger partial charge in [-0.3, -0.25) is 19.8 Å². The molecule has 0 aliphatic carbocycles. The van der Waals surface area contributed by atoms with Gasteiger partial charge in [0, 0.05) is 25.2 Å². The fourth-order valence-electron chi connectivity index (χ4n) is 3.40. The van der Waals surface area contributed by atoms with Crippen LogP contribution < -0.4 is 10.1 Å². The first-order valence-electron chi connectivity index (χ1n) is 8.96. The summed E-state index contributed by atoms with van der Waals surface area (Å²) in [5.74, 6) is 0.115. The Morgan fingerprint density at radius 1 is 1.30 bits per heavy atom. The minimum atomic E-state index is -0.489. The molecule has 27 heavy (non-hydrogen) atoms. The molecule has 0 bridgehead atoms. The van der Waals surface area contributed by atoms with Gasteiger partial charge >= 0.3 is 0 Å². The van der Waals surface area contributed by atoms with Crippen LogP contribution in [0.15, 0.2) is 48.5 Å². The number of nitrogens with zero attached hydrogens (tertiary/aromatic N) is 2. The van der Waals surface area contributed by atoms with Crippen LogP contribution >= 0.6 is 0 Å². The molecule has 1 N–H and O–H groups in total. The highest BCUT2D eigenvalue weighted by Crippen LogP contribution is 2.30. The highest BCUT2D eigenvalue weighted by atomic mass is 16.6. The minimum Gasteiger partial charge on any atom is -0.495 e. The minimum absolute atomic E-state index is 0.0829. The number of piperidine rings is 1. The monoisotopic (exact) mass is 369 g/mol. The summed E-state index contributed by atoms with van der Waals surface area (Å²) in [5, 5.41) is 13.8. The summed E-state index contributed by atoms with van der Waals surface area (Å²) in [4.78, 5) is 25.5. The number of benzene rings is 2. The van der Waals surface area contributed by atoms with Gasteiger partial charge in [0.05, 0.1) is 23.6 Å². The predicted molar refractivity (Wildman–Crippen MR) is 103 cm³/mol. The Hall–Kier alpha value is -2.93. The second kappa shape index (κ2) is 8.64. The molecule has 0 saturated carbocycles. The van der Waals surface area contributed by atoms with E-state index in [1.54, 1.807) is 0 Å². The Kier molecular flexibility index (Phi) is 6.03. The standard InChI is InChI=1S/C20H23N3O4/c1-27-19-10-9-17(23(25)26)12-18(19)21-20(24)16-8-5-11-22(14-16)13-15-6-3-2-4-7-15/h2-4,6-7,9-10,12,16H,5,8,11,13-14H2,1H3,(H,21,24). The van der Waals surface area contributed by atoms with Crippen LogP contribution in [0, 0.1) is 16.0 Å². The van der Waals surface area contributed by atoms with Crippen LogP contribution in [0.25, 0.3) is 0 Å². The molecule has 0 radical (unpaired) electrons. The topological polar surface area (TPSA) is 84.7 Å². The van der Waals surface area contributed by atoms with Crippen molar-refractivity contribution in [2.24, 2.45) is 5.92 Å². The van der Waals surface area contributed by atoms with E-state index in [0.717, 1.165) is 25.9 Å². The smallest absolute Gasteiger partial charge is 0.271 e. The molecule has 1 amide bonds. The summed E-state index contributed by atoms with van der Waals surface area (Å²) >= 11 is 0. The maximum Gasteiger partial charge on any atom is 0.271 e. The Balaban J connectivity index is 1.67. The molecule has 0 aromatic heterocycles. The summed E-state index contributed by atoms with van der Waals surface area (Å²) in [5.41, 5.74) is 1.47. The number of non-ortho nitro benzene ring substituents is 1. The number of rotatable bonds is 6. The van der Waals surface area contributed by atoms with Crippen LogP contribution in [0.4, 0.5) is 11.4 Å². The zero-order chi connectivity index (χ0) is 19.2. The molecule has 1 aliphatic rings. The van der Waals surface area contributed by atoms with E-state index < -0.39 is 4.92 Å². The van der Waals surface area contributed by atoms with Gasteiger partial charge < -0.3 is 10.1 Å². The van der Waals surface area contributed by atoms with Crippen LogP contribution in [-0.2, 0) is 11.3 Å². The molecule has 142 valence electrons. The molecule has 2 aromatic rings. The van der Waals surface area contributed by atoms with Gasteiger partial charge in [-0.1, -0.05) is 30.3 Å². The summed E-state index contributed by atoms with van der Waals surface area (Å²) in [6.07, 6.45) is 1.74. The zero-order valence-corrected chi connectivity index (χ0v) is 15.3. The average Bonchev–Trinajstić information content (AvgIpc) is 2.69. The summed E-state index contributed by atoms with van der Waals surface area (Å²) < 4.78 is 5.22. The van der Waals surface area contributed by atoms with Gasteiger partial charge in [-0.25, -0.2) is 0 Å². The van der Waals surface area contributed by atoms with Crippen molar-refractivity contribution < 1.29 is 14.5 Å². The number of nitrogens with one attached hydrogen (secondary N) is 1. The normalized spacial score (nSPS) is 17.3. The van der Waals surface area contributed by atoms with E-state index in [1.165, 1.54) is 30.9 Å². The lowest BCUT2D eigenvalue weighted by atomic mass is 9.96. The van der Waals surface area contributed by atoms with E-state index in [1.807, 2.05) is 18.2 Å². The highest BCUT2D eigenvalue weighted by molar-refractivity contribution is 5.94. The van der Waals surface area contributed by atoms with Gasteiger partial charge in [0.2, 0.25) is 5.91 Å². The van der Waals surface area contributed by atoms with Crippen LogP contribution in [-0.4, -0.2) is 35.9 Å². The molecule has 7 nitrogen and oxygen atoms in total. The van der Waals surface area contributed by atoms with E-state index in [-0.39, 0.29) is 17.5 Å². The third kappa shape index (κ3) is 4.83. The molecular formula is C20H23N3O4. The quantitative estimate of drug-likeness (QED) is 0.623. The van der Waals surface area contributed by atoms with E-state index in [9.17, 15) is 14.9 Å². The number of ether oxygens (including phenoxy) is 1. The molecule has 1 unspecified atom stereocenters. The van der Waals surface area contributed by atoms with E-state index in [0.29, 0.717) is 18.0 Å². The van der Waals surface area contributed by atoms with Gasteiger partial charge in [0.15, 0.2) is 0 Å². The summed E-state index contributed by atoms with van der Waals surface area (Å²) in [6, 6.07) is 14.4. The molecule has 0 spiro atoms. The number of likely N-dealkylation sites (tertiary alicyclic amines) is 1. The van der Waals surface area contributed by atoms with Crippen molar-refractivity contribution in [1.29, 1.82) is 0 Å². The van der Waals surface area contributed by atoms with Crippen molar-refractivity contribution in [1.82, 2.24) is 4.90 Å². The lowest BCUT2D eigenvalue weighted by Crippen LogP contribution is -2.40. The third-order valence-corrected chi connectivity index (χ3v) is 4.78.